The third kappa shape index (κ3) is 1.56. The van der Waals surface area contributed by atoms with E-state index in [0.717, 1.165) is 0 Å². The molecule has 1 aromatic heterocycles. The Hall–Kier alpha value is -1.23. The first-order chi connectivity index (χ1) is 6.91. The highest BCUT2D eigenvalue weighted by molar-refractivity contribution is 6.34. The maximum absolute atomic E-state index is 12.7. The summed E-state index contributed by atoms with van der Waals surface area (Å²) in [6.45, 7) is 1.39. The predicted octanol–water partition coefficient (Wildman–Crippen LogP) is 3.54. The smallest absolute Gasteiger partial charge is 0.276 e. The summed E-state index contributed by atoms with van der Waals surface area (Å²) >= 11 is 5.61. The van der Waals surface area contributed by atoms with Crippen LogP contribution in [0.3, 0.4) is 0 Å². The van der Waals surface area contributed by atoms with Gasteiger partial charge in [0.1, 0.15) is 0 Å². The van der Waals surface area contributed by atoms with Crippen LogP contribution in [-0.4, -0.2) is 10.2 Å². The van der Waals surface area contributed by atoms with Crippen molar-refractivity contribution in [1.29, 1.82) is 0 Å². The molecular formula is C9H6ClF3N2. The van der Waals surface area contributed by atoms with Gasteiger partial charge in [0.2, 0.25) is 0 Å². The Morgan fingerprint density at radius 1 is 1.33 bits per heavy atom. The van der Waals surface area contributed by atoms with E-state index >= 15 is 0 Å². The fraction of sp³-hybridized carbons (Fsp3) is 0.222. The molecule has 0 bridgehead atoms. The third-order valence-electron chi connectivity index (χ3n) is 2.18. The zero-order valence-electron chi connectivity index (χ0n) is 7.61. The minimum Gasteiger partial charge on any atom is -0.276 e. The number of halogens is 4. The summed E-state index contributed by atoms with van der Waals surface area (Å²) in [6, 6.07) is 2.92. The number of alkyl halides is 3. The largest absolute Gasteiger partial charge is 0.417 e. The fourth-order valence-electron chi connectivity index (χ4n) is 1.54. The van der Waals surface area contributed by atoms with Crippen molar-refractivity contribution in [2.45, 2.75) is 13.1 Å². The Bertz CT molecular complexity index is 516. The summed E-state index contributed by atoms with van der Waals surface area (Å²) in [5.74, 6) is 0. The van der Waals surface area contributed by atoms with Crippen molar-refractivity contribution in [1.82, 2.24) is 10.2 Å². The molecule has 6 heteroatoms. The Kier molecular flexibility index (Phi) is 2.15. The lowest BCUT2D eigenvalue weighted by molar-refractivity contribution is -0.136. The van der Waals surface area contributed by atoms with Crippen LogP contribution in [0, 0.1) is 6.92 Å². The van der Waals surface area contributed by atoms with Crippen LogP contribution >= 0.6 is 11.6 Å². The molecule has 0 aliphatic heterocycles. The van der Waals surface area contributed by atoms with Crippen LogP contribution in [0.15, 0.2) is 12.1 Å². The van der Waals surface area contributed by atoms with Crippen molar-refractivity contribution in [3.63, 3.8) is 0 Å². The number of hydrogen-bond acceptors (Lipinski definition) is 1. The van der Waals surface area contributed by atoms with Gasteiger partial charge in [0.15, 0.2) is 5.15 Å². The van der Waals surface area contributed by atoms with Gasteiger partial charge in [-0.3, -0.25) is 5.10 Å². The van der Waals surface area contributed by atoms with Gasteiger partial charge >= 0.3 is 6.18 Å². The van der Waals surface area contributed by atoms with Crippen molar-refractivity contribution in [2.75, 3.05) is 0 Å². The van der Waals surface area contributed by atoms with Gasteiger partial charge < -0.3 is 0 Å². The quantitative estimate of drug-likeness (QED) is 0.742. The summed E-state index contributed by atoms with van der Waals surface area (Å²) in [4.78, 5) is 0. The molecule has 0 aliphatic carbocycles. The van der Waals surface area contributed by atoms with E-state index in [1.807, 2.05) is 0 Å². The number of benzene rings is 1. The van der Waals surface area contributed by atoms with Crippen LogP contribution in [0.1, 0.15) is 11.1 Å². The van der Waals surface area contributed by atoms with Crippen LogP contribution < -0.4 is 0 Å². The average Bonchev–Trinajstić information content (AvgIpc) is 2.46. The topological polar surface area (TPSA) is 28.7 Å². The highest BCUT2D eigenvalue weighted by atomic mass is 35.5. The van der Waals surface area contributed by atoms with E-state index < -0.39 is 11.7 Å². The molecule has 0 radical (unpaired) electrons. The highest BCUT2D eigenvalue weighted by Crippen LogP contribution is 2.39. The Labute approximate surface area is 88.0 Å². The number of H-pyrrole nitrogens is 1. The number of aromatic amines is 1. The predicted molar refractivity (Wildman–Crippen MR) is 50.8 cm³/mol. The summed E-state index contributed by atoms with van der Waals surface area (Å²) in [7, 11) is 0. The van der Waals surface area contributed by atoms with E-state index in [1.54, 1.807) is 0 Å². The zero-order valence-corrected chi connectivity index (χ0v) is 8.37. The Morgan fingerprint density at radius 2 is 2.00 bits per heavy atom. The lowest BCUT2D eigenvalue weighted by atomic mass is 10.0. The molecule has 1 N–H and O–H groups in total. The number of fused-ring (bicyclic) bond motifs is 1. The first-order valence-corrected chi connectivity index (χ1v) is 4.49. The molecule has 0 atom stereocenters. The maximum atomic E-state index is 12.7. The van der Waals surface area contributed by atoms with Crippen LogP contribution in [0.25, 0.3) is 10.9 Å². The molecular weight excluding hydrogens is 229 g/mol. The second-order valence-corrected chi connectivity index (χ2v) is 3.55. The van der Waals surface area contributed by atoms with Gasteiger partial charge in [-0.2, -0.15) is 18.3 Å². The lowest BCUT2D eigenvalue weighted by Crippen LogP contribution is -2.08. The molecule has 2 rings (SSSR count). The molecule has 2 aromatic rings. The van der Waals surface area contributed by atoms with E-state index in [1.165, 1.54) is 19.1 Å². The summed E-state index contributed by atoms with van der Waals surface area (Å²) in [6.07, 6.45) is -4.42. The number of nitrogens with zero attached hydrogens (tertiary/aromatic N) is 1. The van der Waals surface area contributed by atoms with Crippen LogP contribution in [0.4, 0.5) is 13.2 Å². The average molecular weight is 235 g/mol. The van der Waals surface area contributed by atoms with Gasteiger partial charge in [-0.15, -0.1) is 0 Å². The van der Waals surface area contributed by atoms with Crippen molar-refractivity contribution < 1.29 is 13.2 Å². The second-order valence-electron chi connectivity index (χ2n) is 3.19. The van der Waals surface area contributed by atoms with E-state index in [-0.39, 0.29) is 21.6 Å². The third-order valence-corrected chi connectivity index (χ3v) is 2.45. The fourth-order valence-corrected chi connectivity index (χ4v) is 1.78. The standard InChI is InChI=1S/C9H6ClF3N2/c1-4-2-3-5-6(8(10)15-14-5)7(4)9(11,12)13/h2-3H,1H3,(H,14,15). The molecule has 80 valence electrons. The number of aryl methyl sites for hydroxylation is 1. The van der Waals surface area contributed by atoms with Gasteiger partial charge in [0.25, 0.3) is 0 Å². The monoisotopic (exact) mass is 234 g/mol. The molecule has 0 spiro atoms. The van der Waals surface area contributed by atoms with E-state index in [0.29, 0.717) is 0 Å². The van der Waals surface area contributed by atoms with E-state index in [2.05, 4.69) is 10.2 Å². The molecule has 0 fully saturated rings. The molecule has 0 aliphatic rings. The molecule has 15 heavy (non-hydrogen) atoms. The van der Waals surface area contributed by atoms with Gasteiger partial charge in [-0.1, -0.05) is 17.7 Å². The van der Waals surface area contributed by atoms with Gasteiger partial charge in [-0.25, -0.2) is 0 Å². The molecule has 1 heterocycles. The van der Waals surface area contributed by atoms with Crippen LogP contribution in [0.2, 0.25) is 5.15 Å². The maximum Gasteiger partial charge on any atom is 0.417 e. The Morgan fingerprint density at radius 3 is 2.60 bits per heavy atom. The minimum absolute atomic E-state index is 0.0656. The first-order valence-electron chi connectivity index (χ1n) is 4.11. The van der Waals surface area contributed by atoms with Crippen molar-refractivity contribution in [2.24, 2.45) is 0 Å². The van der Waals surface area contributed by atoms with Crippen molar-refractivity contribution in [3.05, 3.63) is 28.4 Å². The highest BCUT2D eigenvalue weighted by Gasteiger charge is 2.35. The Balaban J connectivity index is 2.90. The first kappa shape index (κ1) is 10.3. The van der Waals surface area contributed by atoms with Crippen LogP contribution in [0.5, 0.6) is 0 Å². The molecule has 0 amide bonds. The van der Waals surface area contributed by atoms with Gasteiger partial charge in [-0.05, 0) is 18.6 Å². The normalized spacial score (nSPS) is 12.3. The van der Waals surface area contributed by atoms with E-state index in [9.17, 15) is 13.2 Å². The van der Waals surface area contributed by atoms with E-state index in [4.69, 9.17) is 11.6 Å². The minimum atomic E-state index is -4.42. The number of hydrogen-bond donors (Lipinski definition) is 1. The number of nitrogens with one attached hydrogen (secondary N) is 1. The molecule has 0 unspecified atom stereocenters. The zero-order chi connectivity index (χ0) is 11.2. The summed E-state index contributed by atoms with van der Waals surface area (Å²) < 4.78 is 38.2. The molecule has 0 saturated carbocycles. The SMILES string of the molecule is Cc1ccc2[nH]nc(Cl)c2c1C(F)(F)F. The van der Waals surface area contributed by atoms with Gasteiger partial charge in [0.05, 0.1) is 16.5 Å². The lowest BCUT2D eigenvalue weighted by Gasteiger charge is -2.11. The molecule has 0 saturated heterocycles. The van der Waals surface area contributed by atoms with Gasteiger partial charge in [0, 0.05) is 0 Å². The van der Waals surface area contributed by atoms with Crippen molar-refractivity contribution >= 4 is 22.5 Å². The number of aromatic nitrogens is 2. The molecule has 1 aromatic carbocycles. The summed E-state index contributed by atoms with van der Waals surface area (Å²) in [5.41, 5.74) is -0.296. The summed E-state index contributed by atoms with van der Waals surface area (Å²) in [5, 5.41) is 5.78. The number of rotatable bonds is 0. The second kappa shape index (κ2) is 3.13. The van der Waals surface area contributed by atoms with Crippen molar-refractivity contribution in [3.8, 4) is 0 Å². The van der Waals surface area contributed by atoms with Crippen LogP contribution in [-0.2, 0) is 6.18 Å². The molecule has 2 nitrogen and oxygen atoms in total.